The first kappa shape index (κ1) is 20.4. The molecule has 6 heteroatoms. The molecule has 0 spiro atoms. The van der Waals surface area contributed by atoms with Gasteiger partial charge in [0.05, 0.1) is 4.90 Å². The lowest BCUT2D eigenvalue weighted by Crippen LogP contribution is -2.45. The SMILES string of the molecule is CC(C)C[C@@H](N1C(=O)OC(C)(C)[C@H]1c1ccccc1)S(=O)(=O)c1ccccc1. The number of carbonyl (C=O) groups is 1. The maximum atomic E-state index is 13.5. The summed E-state index contributed by atoms with van der Waals surface area (Å²) in [5, 5.41) is -1.01. The molecule has 2 aromatic rings. The van der Waals surface area contributed by atoms with Gasteiger partial charge in [-0.25, -0.2) is 13.2 Å². The molecule has 0 aromatic heterocycles. The van der Waals surface area contributed by atoms with Crippen LogP contribution in [0.25, 0.3) is 0 Å². The Labute approximate surface area is 167 Å². The fourth-order valence-electron chi connectivity index (χ4n) is 3.82. The van der Waals surface area contributed by atoms with Gasteiger partial charge in [0.25, 0.3) is 0 Å². The van der Waals surface area contributed by atoms with E-state index in [0.717, 1.165) is 5.56 Å². The quantitative estimate of drug-likeness (QED) is 0.697. The number of sulfone groups is 1. The molecule has 1 amide bonds. The predicted octanol–water partition coefficient (Wildman–Crippen LogP) is 4.80. The highest BCUT2D eigenvalue weighted by molar-refractivity contribution is 7.92. The topological polar surface area (TPSA) is 63.7 Å². The molecule has 1 saturated heterocycles. The second kappa shape index (κ2) is 7.59. The molecule has 0 radical (unpaired) electrons. The zero-order valence-electron chi connectivity index (χ0n) is 16.7. The van der Waals surface area contributed by atoms with Crippen molar-refractivity contribution in [2.24, 2.45) is 5.92 Å². The number of rotatable bonds is 6. The highest BCUT2D eigenvalue weighted by Crippen LogP contribution is 2.44. The van der Waals surface area contributed by atoms with Crippen molar-refractivity contribution in [2.75, 3.05) is 0 Å². The summed E-state index contributed by atoms with van der Waals surface area (Å²) in [5.41, 5.74) is 0.00947. The molecule has 2 atom stereocenters. The lowest BCUT2D eigenvalue weighted by molar-refractivity contribution is 0.0673. The first-order valence-corrected chi connectivity index (χ1v) is 11.0. The Morgan fingerprint density at radius 2 is 1.54 bits per heavy atom. The average Bonchev–Trinajstić information content (AvgIpc) is 2.89. The minimum absolute atomic E-state index is 0.0800. The zero-order valence-corrected chi connectivity index (χ0v) is 17.5. The van der Waals surface area contributed by atoms with Crippen LogP contribution in [-0.2, 0) is 14.6 Å². The maximum absolute atomic E-state index is 13.5. The molecule has 0 N–H and O–H groups in total. The Morgan fingerprint density at radius 3 is 2.07 bits per heavy atom. The molecule has 0 saturated carbocycles. The van der Waals surface area contributed by atoms with Crippen LogP contribution in [0.15, 0.2) is 65.6 Å². The molecule has 150 valence electrons. The third-order valence-corrected chi connectivity index (χ3v) is 7.09. The third kappa shape index (κ3) is 3.78. The maximum Gasteiger partial charge on any atom is 0.412 e. The Kier molecular flexibility index (Phi) is 5.53. The van der Waals surface area contributed by atoms with Crippen molar-refractivity contribution in [3.8, 4) is 0 Å². The second-order valence-corrected chi connectivity index (χ2v) is 10.2. The molecule has 0 aliphatic carbocycles. The Balaban J connectivity index is 2.14. The summed E-state index contributed by atoms with van der Waals surface area (Å²) in [6.45, 7) is 7.56. The van der Waals surface area contributed by atoms with Gasteiger partial charge in [0.15, 0.2) is 9.84 Å². The molecule has 5 nitrogen and oxygen atoms in total. The minimum Gasteiger partial charge on any atom is -0.441 e. The normalized spacial score (nSPS) is 20.2. The molecule has 1 aliphatic rings. The van der Waals surface area contributed by atoms with Gasteiger partial charge >= 0.3 is 6.09 Å². The number of ether oxygens (including phenoxy) is 1. The molecule has 28 heavy (non-hydrogen) atoms. The van der Waals surface area contributed by atoms with Gasteiger partial charge < -0.3 is 4.74 Å². The number of carbonyl (C=O) groups excluding carboxylic acids is 1. The van der Waals surface area contributed by atoms with E-state index in [4.69, 9.17) is 4.74 Å². The van der Waals surface area contributed by atoms with Crippen molar-refractivity contribution < 1.29 is 17.9 Å². The van der Waals surface area contributed by atoms with Gasteiger partial charge in [0, 0.05) is 0 Å². The van der Waals surface area contributed by atoms with Crippen molar-refractivity contribution in [1.82, 2.24) is 4.90 Å². The van der Waals surface area contributed by atoms with E-state index in [1.165, 1.54) is 4.90 Å². The predicted molar refractivity (Wildman–Crippen MR) is 108 cm³/mol. The van der Waals surface area contributed by atoms with Crippen LogP contribution >= 0.6 is 0 Å². The van der Waals surface area contributed by atoms with Crippen molar-refractivity contribution in [1.29, 1.82) is 0 Å². The van der Waals surface area contributed by atoms with Crippen molar-refractivity contribution in [2.45, 2.75) is 56.0 Å². The fourth-order valence-corrected chi connectivity index (χ4v) is 5.81. The van der Waals surface area contributed by atoms with Crippen LogP contribution in [0, 0.1) is 5.92 Å². The van der Waals surface area contributed by atoms with Gasteiger partial charge in [-0.1, -0.05) is 62.4 Å². The number of cyclic esters (lactones) is 1. The molecule has 1 fully saturated rings. The molecular weight excluding hydrogens is 374 g/mol. The van der Waals surface area contributed by atoms with E-state index in [-0.39, 0.29) is 10.8 Å². The molecule has 0 unspecified atom stereocenters. The van der Waals surface area contributed by atoms with Gasteiger partial charge in [-0.05, 0) is 43.9 Å². The van der Waals surface area contributed by atoms with Crippen molar-refractivity contribution in [3.63, 3.8) is 0 Å². The summed E-state index contributed by atoms with van der Waals surface area (Å²) in [5.74, 6) is 0.0800. The van der Waals surface area contributed by atoms with E-state index in [0.29, 0.717) is 6.42 Å². The van der Waals surface area contributed by atoms with E-state index in [1.807, 2.05) is 58.0 Å². The summed E-state index contributed by atoms with van der Waals surface area (Å²) in [4.78, 5) is 14.6. The van der Waals surface area contributed by atoms with Crippen molar-refractivity contribution in [3.05, 3.63) is 66.2 Å². The van der Waals surface area contributed by atoms with Crippen LogP contribution < -0.4 is 0 Å². The summed E-state index contributed by atoms with van der Waals surface area (Å²) in [7, 11) is -3.78. The summed E-state index contributed by atoms with van der Waals surface area (Å²) >= 11 is 0. The molecule has 3 rings (SSSR count). The van der Waals surface area contributed by atoms with Crippen LogP contribution in [0.3, 0.4) is 0 Å². The van der Waals surface area contributed by atoms with Crippen LogP contribution in [0.5, 0.6) is 0 Å². The first-order chi connectivity index (χ1) is 13.1. The Morgan fingerprint density at radius 1 is 1.00 bits per heavy atom. The third-order valence-electron chi connectivity index (χ3n) is 5.03. The average molecular weight is 402 g/mol. The van der Waals surface area contributed by atoms with Crippen LogP contribution in [-0.4, -0.2) is 30.4 Å². The standard InChI is InChI=1S/C22H27NO4S/c1-16(2)15-19(28(25,26)18-13-9-6-10-14-18)23-20(17-11-7-5-8-12-17)22(3,4)27-21(23)24/h5-14,16,19-20H,15H2,1-4H3/t19-,20+/m0/s1. The molecule has 2 aromatic carbocycles. The molecule has 1 aliphatic heterocycles. The van der Waals surface area contributed by atoms with Crippen LogP contribution in [0.2, 0.25) is 0 Å². The van der Waals surface area contributed by atoms with Crippen LogP contribution in [0.1, 0.15) is 45.7 Å². The van der Waals surface area contributed by atoms with E-state index >= 15 is 0 Å². The van der Waals surface area contributed by atoms with Gasteiger partial charge in [0.1, 0.15) is 17.0 Å². The van der Waals surface area contributed by atoms with Crippen molar-refractivity contribution >= 4 is 15.9 Å². The summed E-state index contributed by atoms with van der Waals surface area (Å²) in [6.07, 6.45) is -0.268. The minimum atomic E-state index is -3.78. The molecule has 0 bridgehead atoms. The molecule has 1 heterocycles. The van der Waals surface area contributed by atoms with E-state index in [9.17, 15) is 13.2 Å². The van der Waals surface area contributed by atoms with Gasteiger partial charge in [-0.2, -0.15) is 0 Å². The van der Waals surface area contributed by atoms with E-state index < -0.39 is 32.9 Å². The summed E-state index contributed by atoms with van der Waals surface area (Å²) < 4.78 is 32.7. The molecular formula is C22H27NO4S. The zero-order chi connectivity index (χ0) is 20.5. The smallest absolute Gasteiger partial charge is 0.412 e. The monoisotopic (exact) mass is 401 g/mol. The van der Waals surface area contributed by atoms with Crippen LogP contribution in [0.4, 0.5) is 4.79 Å². The number of amides is 1. The highest BCUT2D eigenvalue weighted by Gasteiger charge is 2.54. The lowest BCUT2D eigenvalue weighted by atomic mass is 9.91. The van der Waals surface area contributed by atoms with Gasteiger partial charge in [-0.3, -0.25) is 4.90 Å². The number of hydrogen-bond acceptors (Lipinski definition) is 4. The van der Waals surface area contributed by atoms with Gasteiger partial charge in [0.2, 0.25) is 0 Å². The second-order valence-electron chi connectivity index (χ2n) is 8.13. The van der Waals surface area contributed by atoms with E-state index in [1.54, 1.807) is 30.3 Å². The highest BCUT2D eigenvalue weighted by atomic mass is 32.2. The number of hydrogen-bond donors (Lipinski definition) is 0. The first-order valence-electron chi connectivity index (χ1n) is 9.50. The lowest BCUT2D eigenvalue weighted by Gasteiger charge is -2.35. The number of benzene rings is 2. The summed E-state index contributed by atoms with van der Waals surface area (Å²) in [6, 6.07) is 17.3. The number of nitrogens with zero attached hydrogens (tertiary/aromatic N) is 1. The fraction of sp³-hybridized carbons (Fsp3) is 0.409. The largest absolute Gasteiger partial charge is 0.441 e. The van der Waals surface area contributed by atoms with E-state index in [2.05, 4.69) is 0 Å². The Hall–Kier alpha value is -2.34. The Bertz CT molecular complexity index is 924. The van der Waals surface area contributed by atoms with Gasteiger partial charge in [-0.15, -0.1) is 0 Å².